The van der Waals surface area contributed by atoms with Crippen molar-refractivity contribution in [2.75, 3.05) is 13.1 Å². The van der Waals surface area contributed by atoms with Gasteiger partial charge in [-0.15, -0.1) is 0 Å². The number of rotatable bonds is 4. The van der Waals surface area contributed by atoms with Crippen molar-refractivity contribution in [3.05, 3.63) is 35.6 Å². The van der Waals surface area contributed by atoms with Crippen LogP contribution in [0.1, 0.15) is 31.2 Å². The number of likely N-dealkylation sites (tertiary alicyclic amines) is 1. The number of nitrogens with one attached hydrogen (secondary N) is 1. The average Bonchev–Trinajstić information content (AvgIpc) is 3.35. The Hall–Kier alpha value is -1.91. The molecule has 2 aliphatic rings. The van der Waals surface area contributed by atoms with Crippen LogP contribution in [0.15, 0.2) is 24.3 Å². The summed E-state index contributed by atoms with van der Waals surface area (Å²) in [4.78, 5) is 26.3. The quantitative estimate of drug-likeness (QED) is 0.926. The van der Waals surface area contributed by atoms with E-state index in [0.717, 1.165) is 25.9 Å². The Labute approximate surface area is 129 Å². The van der Waals surface area contributed by atoms with E-state index >= 15 is 0 Å². The number of benzene rings is 1. The summed E-state index contributed by atoms with van der Waals surface area (Å²) in [6, 6.07) is 6.39. The molecule has 2 unspecified atom stereocenters. The van der Waals surface area contributed by atoms with Crippen molar-refractivity contribution in [3.63, 3.8) is 0 Å². The molecule has 2 amide bonds. The molecule has 2 atom stereocenters. The van der Waals surface area contributed by atoms with Crippen molar-refractivity contribution in [1.29, 1.82) is 0 Å². The fourth-order valence-electron chi connectivity index (χ4n) is 3.06. The van der Waals surface area contributed by atoms with Gasteiger partial charge in [-0.3, -0.25) is 9.59 Å². The molecule has 5 heteroatoms. The van der Waals surface area contributed by atoms with Crippen molar-refractivity contribution in [2.24, 2.45) is 11.8 Å². The van der Waals surface area contributed by atoms with E-state index in [2.05, 4.69) is 5.32 Å². The number of carbonyl (C=O) groups is 2. The summed E-state index contributed by atoms with van der Waals surface area (Å²) >= 11 is 0. The average molecular weight is 304 g/mol. The van der Waals surface area contributed by atoms with E-state index in [1.54, 1.807) is 18.2 Å². The summed E-state index contributed by atoms with van der Waals surface area (Å²) in [5.41, 5.74) is 0.468. The molecule has 1 heterocycles. The third kappa shape index (κ3) is 3.29. The normalized spacial score (nSPS) is 24.0. The molecule has 1 saturated carbocycles. The summed E-state index contributed by atoms with van der Waals surface area (Å²) in [7, 11) is 0. The largest absolute Gasteiger partial charge is 0.352 e. The summed E-state index contributed by atoms with van der Waals surface area (Å²) in [6.07, 6.45) is 3.92. The van der Waals surface area contributed by atoms with Crippen molar-refractivity contribution in [1.82, 2.24) is 10.2 Å². The maximum Gasteiger partial charge on any atom is 0.226 e. The topological polar surface area (TPSA) is 49.4 Å². The highest BCUT2D eigenvalue weighted by atomic mass is 19.1. The highest BCUT2D eigenvalue weighted by molar-refractivity contribution is 5.92. The Morgan fingerprint density at radius 1 is 1.14 bits per heavy atom. The molecule has 0 aromatic heterocycles. The lowest BCUT2D eigenvalue weighted by molar-refractivity contribution is -0.135. The first kappa shape index (κ1) is 15.0. The second-order valence-corrected chi connectivity index (χ2v) is 6.14. The Bertz CT molecular complexity index is 570. The first-order valence-corrected chi connectivity index (χ1v) is 7.96. The molecule has 1 saturated heterocycles. The minimum atomic E-state index is -0.320. The molecule has 22 heavy (non-hydrogen) atoms. The van der Waals surface area contributed by atoms with Gasteiger partial charge in [-0.2, -0.15) is 0 Å². The molecule has 0 bridgehead atoms. The fourth-order valence-corrected chi connectivity index (χ4v) is 3.06. The van der Waals surface area contributed by atoms with Gasteiger partial charge >= 0.3 is 0 Å². The summed E-state index contributed by atoms with van der Waals surface area (Å²) in [5.74, 6) is -0.746. The smallest absolute Gasteiger partial charge is 0.226 e. The van der Waals surface area contributed by atoms with E-state index in [0.29, 0.717) is 12.0 Å². The first-order chi connectivity index (χ1) is 10.7. The van der Waals surface area contributed by atoms with E-state index in [-0.39, 0.29) is 36.0 Å². The number of carbonyl (C=O) groups excluding carboxylic acids is 2. The van der Waals surface area contributed by atoms with E-state index < -0.39 is 0 Å². The van der Waals surface area contributed by atoms with E-state index in [9.17, 15) is 14.0 Å². The third-order valence-corrected chi connectivity index (χ3v) is 4.52. The minimum absolute atomic E-state index is 0.116. The van der Waals surface area contributed by atoms with Gasteiger partial charge in [0.2, 0.25) is 11.8 Å². The molecule has 3 rings (SSSR count). The number of amides is 2. The van der Waals surface area contributed by atoms with Crippen molar-refractivity contribution >= 4 is 11.8 Å². The van der Waals surface area contributed by atoms with Crippen LogP contribution in [0.3, 0.4) is 0 Å². The van der Waals surface area contributed by atoms with Gasteiger partial charge < -0.3 is 10.2 Å². The Morgan fingerprint density at radius 3 is 2.59 bits per heavy atom. The van der Waals surface area contributed by atoms with Gasteiger partial charge in [0.25, 0.3) is 0 Å². The molecule has 2 fully saturated rings. The standard InChI is InChI=1S/C17H21FN2O2/c18-15-7-3-2-6-12(15)11-19-16(21)13-10-14(13)17(22)20-8-4-1-5-9-20/h2-3,6-7,13-14H,1,4-5,8-11H2,(H,19,21). The number of piperidine rings is 1. The van der Waals surface area contributed by atoms with Crippen LogP contribution >= 0.6 is 0 Å². The molecule has 1 aromatic rings. The second-order valence-electron chi connectivity index (χ2n) is 6.14. The SMILES string of the molecule is O=C(NCc1ccccc1F)C1CC1C(=O)N1CCCCC1. The van der Waals surface area contributed by atoms with Crippen LogP contribution in [0.5, 0.6) is 0 Å². The monoisotopic (exact) mass is 304 g/mol. The van der Waals surface area contributed by atoms with Gasteiger partial charge in [0.05, 0.1) is 11.8 Å². The van der Waals surface area contributed by atoms with Gasteiger partial charge in [0, 0.05) is 25.2 Å². The molecule has 0 spiro atoms. The lowest BCUT2D eigenvalue weighted by atomic mass is 10.1. The van der Waals surface area contributed by atoms with Gasteiger partial charge in [0.15, 0.2) is 0 Å². The van der Waals surface area contributed by atoms with Gasteiger partial charge in [-0.05, 0) is 31.7 Å². The Balaban J connectivity index is 1.48. The van der Waals surface area contributed by atoms with E-state index in [4.69, 9.17) is 0 Å². The van der Waals surface area contributed by atoms with Crippen LogP contribution in [0.2, 0.25) is 0 Å². The van der Waals surface area contributed by atoms with Crippen molar-refractivity contribution in [3.8, 4) is 0 Å². The number of nitrogens with zero attached hydrogens (tertiary/aromatic N) is 1. The number of hydrogen-bond donors (Lipinski definition) is 1. The lowest BCUT2D eigenvalue weighted by Gasteiger charge is -2.26. The maximum absolute atomic E-state index is 13.5. The molecular formula is C17H21FN2O2. The molecule has 1 aliphatic carbocycles. The van der Waals surface area contributed by atoms with Crippen LogP contribution in [0.25, 0.3) is 0 Å². The molecule has 1 aromatic carbocycles. The highest BCUT2D eigenvalue weighted by Gasteiger charge is 2.49. The van der Waals surface area contributed by atoms with Crippen LogP contribution in [-0.4, -0.2) is 29.8 Å². The molecule has 4 nitrogen and oxygen atoms in total. The third-order valence-electron chi connectivity index (χ3n) is 4.52. The summed E-state index contributed by atoms with van der Waals surface area (Å²) in [6.45, 7) is 1.81. The number of halogens is 1. The van der Waals surface area contributed by atoms with Gasteiger partial charge in [0.1, 0.15) is 5.82 Å². The zero-order valence-corrected chi connectivity index (χ0v) is 12.6. The van der Waals surface area contributed by atoms with Crippen LogP contribution in [0, 0.1) is 17.7 Å². The minimum Gasteiger partial charge on any atom is -0.352 e. The maximum atomic E-state index is 13.5. The zero-order valence-electron chi connectivity index (χ0n) is 12.6. The van der Waals surface area contributed by atoms with Crippen molar-refractivity contribution < 1.29 is 14.0 Å². The Morgan fingerprint density at radius 2 is 1.86 bits per heavy atom. The van der Waals surface area contributed by atoms with Crippen molar-refractivity contribution in [2.45, 2.75) is 32.2 Å². The van der Waals surface area contributed by atoms with Gasteiger partial charge in [-0.1, -0.05) is 18.2 Å². The molecule has 1 N–H and O–H groups in total. The van der Waals surface area contributed by atoms with E-state index in [1.165, 1.54) is 12.5 Å². The van der Waals surface area contributed by atoms with Crippen LogP contribution < -0.4 is 5.32 Å². The predicted octanol–water partition coefficient (Wildman–Crippen LogP) is 2.09. The fraction of sp³-hybridized carbons (Fsp3) is 0.529. The molecule has 1 aliphatic heterocycles. The highest BCUT2D eigenvalue weighted by Crippen LogP contribution is 2.40. The summed E-state index contributed by atoms with van der Waals surface area (Å²) < 4.78 is 13.5. The molecule has 0 radical (unpaired) electrons. The Kier molecular flexibility index (Phi) is 4.41. The lowest BCUT2D eigenvalue weighted by Crippen LogP contribution is -2.38. The van der Waals surface area contributed by atoms with Gasteiger partial charge in [-0.25, -0.2) is 4.39 Å². The van der Waals surface area contributed by atoms with Crippen LogP contribution in [-0.2, 0) is 16.1 Å². The van der Waals surface area contributed by atoms with Crippen LogP contribution in [0.4, 0.5) is 4.39 Å². The zero-order chi connectivity index (χ0) is 15.5. The van der Waals surface area contributed by atoms with E-state index in [1.807, 2.05) is 4.90 Å². The number of hydrogen-bond acceptors (Lipinski definition) is 2. The second kappa shape index (κ2) is 6.46. The first-order valence-electron chi connectivity index (χ1n) is 7.96. The molecule has 118 valence electrons. The summed E-state index contributed by atoms with van der Waals surface area (Å²) in [5, 5.41) is 2.74. The molecular weight excluding hydrogens is 283 g/mol. The predicted molar refractivity (Wildman–Crippen MR) is 80.3 cm³/mol.